The number of nitrogens with zero attached hydrogens (tertiary/aromatic N) is 4. The van der Waals surface area contributed by atoms with E-state index in [1.54, 1.807) is 10.9 Å². The van der Waals surface area contributed by atoms with Gasteiger partial charge in [0.05, 0.1) is 11.9 Å². The highest BCUT2D eigenvalue weighted by Crippen LogP contribution is 2.14. The molecule has 1 aliphatic rings. The van der Waals surface area contributed by atoms with Gasteiger partial charge in [0.2, 0.25) is 0 Å². The normalized spacial score (nSPS) is 15.3. The van der Waals surface area contributed by atoms with Gasteiger partial charge in [0, 0.05) is 19.1 Å². The Morgan fingerprint density at radius 2 is 1.87 bits per heavy atom. The van der Waals surface area contributed by atoms with E-state index in [1.807, 2.05) is 43.1 Å². The molecule has 124 valence electrons. The van der Waals surface area contributed by atoms with Crippen LogP contribution in [0.5, 0.6) is 0 Å². The van der Waals surface area contributed by atoms with E-state index in [0.717, 1.165) is 31.6 Å². The fraction of sp³-hybridized carbons (Fsp3) is 0.438. The monoisotopic (exact) mass is 335 g/mol. The van der Waals surface area contributed by atoms with Crippen LogP contribution < -0.4 is 5.32 Å². The van der Waals surface area contributed by atoms with Crippen LogP contribution in [-0.4, -0.2) is 52.0 Å². The van der Waals surface area contributed by atoms with E-state index >= 15 is 0 Å². The SMILES string of the molecule is CNC1CCN(C(=O)c2cn(-c3ccc(C)cc3)nn2)CC1.Cl. The number of likely N-dealkylation sites (tertiary alicyclic amines) is 1. The van der Waals surface area contributed by atoms with Gasteiger partial charge in [-0.2, -0.15) is 0 Å². The smallest absolute Gasteiger partial charge is 0.276 e. The number of hydrogen-bond donors (Lipinski definition) is 1. The molecule has 0 saturated carbocycles. The molecule has 1 aromatic carbocycles. The van der Waals surface area contributed by atoms with Crippen LogP contribution in [0.3, 0.4) is 0 Å². The number of nitrogens with one attached hydrogen (secondary N) is 1. The van der Waals surface area contributed by atoms with E-state index in [9.17, 15) is 4.79 Å². The van der Waals surface area contributed by atoms with E-state index in [0.29, 0.717) is 11.7 Å². The summed E-state index contributed by atoms with van der Waals surface area (Å²) in [5.41, 5.74) is 2.50. The van der Waals surface area contributed by atoms with Gasteiger partial charge in [0.25, 0.3) is 5.91 Å². The molecule has 0 spiro atoms. The molecule has 0 atom stereocenters. The summed E-state index contributed by atoms with van der Waals surface area (Å²) in [5, 5.41) is 11.4. The summed E-state index contributed by atoms with van der Waals surface area (Å²) in [6.45, 7) is 3.57. The van der Waals surface area contributed by atoms with Crippen LogP contribution >= 0.6 is 12.4 Å². The molecule has 2 heterocycles. The first-order chi connectivity index (χ1) is 10.7. The molecule has 1 aromatic heterocycles. The van der Waals surface area contributed by atoms with Crippen LogP contribution in [0, 0.1) is 6.92 Å². The average Bonchev–Trinajstić information content (AvgIpc) is 3.05. The van der Waals surface area contributed by atoms with Crippen LogP contribution in [0.25, 0.3) is 5.69 Å². The molecule has 1 amide bonds. The number of benzene rings is 1. The van der Waals surface area contributed by atoms with Crippen molar-refractivity contribution in [3.8, 4) is 5.69 Å². The Bertz CT molecular complexity index is 647. The highest BCUT2D eigenvalue weighted by Gasteiger charge is 2.24. The minimum atomic E-state index is -0.0343. The molecular formula is C16H22ClN5O. The number of hydrogen-bond acceptors (Lipinski definition) is 4. The highest BCUT2D eigenvalue weighted by atomic mass is 35.5. The number of halogens is 1. The van der Waals surface area contributed by atoms with Gasteiger partial charge in [-0.05, 0) is 38.9 Å². The zero-order valence-electron chi connectivity index (χ0n) is 13.4. The average molecular weight is 336 g/mol. The molecule has 3 rings (SSSR count). The van der Waals surface area contributed by atoms with Crippen molar-refractivity contribution in [2.45, 2.75) is 25.8 Å². The lowest BCUT2D eigenvalue weighted by Gasteiger charge is -2.31. The summed E-state index contributed by atoms with van der Waals surface area (Å²) < 4.78 is 1.65. The molecule has 0 aliphatic carbocycles. The topological polar surface area (TPSA) is 63.1 Å². The third kappa shape index (κ3) is 3.89. The van der Waals surface area contributed by atoms with Gasteiger partial charge in [-0.15, -0.1) is 17.5 Å². The van der Waals surface area contributed by atoms with Crippen LogP contribution in [0.4, 0.5) is 0 Å². The molecule has 0 unspecified atom stereocenters. The van der Waals surface area contributed by atoms with E-state index in [2.05, 4.69) is 15.6 Å². The van der Waals surface area contributed by atoms with Crippen LogP contribution in [-0.2, 0) is 0 Å². The molecule has 7 heteroatoms. The third-order valence-electron chi connectivity index (χ3n) is 4.20. The zero-order valence-corrected chi connectivity index (χ0v) is 14.2. The third-order valence-corrected chi connectivity index (χ3v) is 4.20. The first-order valence-corrected chi connectivity index (χ1v) is 7.63. The second kappa shape index (κ2) is 7.57. The lowest BCUT2D eigenvalue weighted by molar-refractivity contribution is 0.0701. The summed E-state index contributed by atoms with van der Waals surface area (Å²) >= 11 is 0. The largest absolute Gasteiger partial charge is 0.337 e. The molecule has 1 fully saturated rings. The van der Waals surface area contributed by atoms with Crippen molar-refractivity contribution < 1.29 is 4.79 Å². The van der Waals surface area contributed by atoms with Gasteiger partial charge in [-0.3, -0.25) is 4.79 Å². The second-order valence-corrected chi connectivity index (χ2v) is 5.74. The molecule has 23 heavy (non-hydrogen) atoms. The van der Waals surface area contributed by atoms with Crippen molar-refractivity contribution in [3.63, 3.8) is 0 Å². The van der Waals surface area contributed by atoms with Gasteiger partial charge in [-0.1, -0.05) is 22.9 Å². The maximum Gasteiger partial charge on any atom is 0.276 e. The molecule has 2 aromatic rings. The van der Waals surface area contributed by atoms with Crippen molar-refractivity contribution in [3.05, 3.63) is 41.7 Å². The minimum absolute atomic E-state index is 0. The van der Waals surface area contributed by atoms with E-state index in [4.69, 9.17) is 0 Å². The first-order valence-electron chi connectivity index (χ1n) is 7.63. The van der Waals surface area contributed by atoms with E-state index in [-0.39, 0.29) is 18.3 Å². The predicted octanol–water partition coefficient (Wildman–Crippen LogP) is 1.82. The molecule has 0 radical (unpaired) electrons. The number of carbonyl (C=O) groups is 1. The highest BCUT2D eigenvalue weighted by molar-refractivity contribution is 5.92. The van der Waals surface area contributed by atoms with Gasteiger partial charge in [-0.25, -0.2) is 4.68 Å². The Morgan fingerprint density at radius 3 is 2.48 bits per heavy atom. The summed E-state index contributed by atoms with van der Waals surface area (Å²) in [4.78, 5) is 14.3. The Hall–Kier alpha value is -1.92. The summed E-state index contributed by atoms with van der Waals surface area (Å²) in [5.74, 6) is -0.0343. The lowest BCUT2D eigenvalue weighted by Crippen LogP contribution is -2.44. The summed E-state index contributed by atoms with van der Waals surface area (Å²) in [6, 6.07) is 8.47. The van der Waals surface area contributed by atoms with E-state index < -0.39 is 0 Å². The standard InChI is InChI=1S/C16H21N5O.ClH/c1-12-3-5-14(6-4-12)21-11-15(18-19-21)16(22)20-9-7-13(17-2)8-10-20;/h3-6,11,13,17H,7-10H2,1-2H3;1H. The summed E-state index contributed by atoms with van der Waals surface area (Å²) in [6.07, 6.45) is 3.67. The Balaban J connectivity index is 0.00000192. The molecular weight excluding hydrogens is 314 g/mol. The van der Waals surface area contributed by atoms with Gasteiger partial charge >= 0.3 is 0 Å². The Labute approximate surface area is 142 Å². The molecule has 1 aliphatic heterocycles. The molecule has 1 saturated heterocycles. The van der Waals surface area contributed by atoms with Crippen LogP contribution in [0.1, 0.15) is 28.9 Å². The van der Waals surface area contributed by atoms with Gasteiger partial charge in [0.15, 0.2) is 5.69 Å². The van der Waals surface area contributed by atoms with Gasteiger partial charge in [0.1, 0.15) is 0 Å². The number of amides is 1. The first kappa shape index (κ1) is 17.4. The van der Waals surface area contributed by atoms with Crippen molar-refractivity contribution in [2.24, 2.45) is 0 Å². The fourth-order valence-corrected chi connectivity index (χ4v) is 2.72. The van der Waals surface area contributed by atoms with Crippen LogP contribution in [0.15, 0.2) is 30.5 Å². The molecule has 0 bridgehead atoms. The Morgan fingerprint density at radius 1 is 1.22 bits per heavy atom. The summed E-state index contributed by atoms with van der Waals surface area (Å²) in [7, 11) is 1.97. The zero-order chi connectivity index (χ0) is 15.5. The molecule has 6 nitrogen and oxygen atoms in total. The Kier molecular flexibility index (Phi) is 5.74. The number of aromatic nitrogens is 3. The molecule has 1 N–H and O–H groups in total. The van der Waals surface area contributed by atoms with Crippen molar-refractivity contribution in [2.75, 3.05) is 20.1 Å². The second-order valence-electron chi connectivity index (χ2n) is 5.74. The van der Waals surface area contributed by atoms with Crippen LogP contribution in [0.2, 0.25) is 0 Å². The van der Waals surface area contributed by atoms with Crippen molar-refractivity contribution >= 4 is 18.3 Å². The fourth-order valence-electron chi connectivity index (χ4n) is 2.72. The lowest BCUT2D eigenvalue weighted by atomic mass is 10.1. The maximum absolute atomic E-state index is 12.5. The number of rotatable bonds is 3. The minimum Gasteiger partial charge on any atom is -0.337 e. The van der Waals surface area contributed by atoms with E-state index in [1.165, 1.54) is 5.56 Å². The van der Waals surface area contributed by atoms with Crippen molar-refractivity contribution in [1.82, 2.24) is 25.2 Å². The number of aryl methyl sites for hydroxylation is 1. The van der Waals surface area contributed by atoms with Gasteiger partial charge < -0.3 is 10.2 Å². The number of piperidine rings is 1. The number of carbonyl (C=O) groups excluding carboxylic acids is 1. The van der Waals surface area contributed by atoms with Crippen molar-refractivity contribution in [1.29, 1.82) is 0 Å². The predicted molar refractivity (Wildman–Crippen MR) is 91.3 cm³/mol. The quantitative estimate of drug-likeness (QED) is 0.929. The maximum atomic E-state index is 12.5.